The van der Waals surface area contributed by atoms with Crippen LogP contribution in [0.15, 0.2) is 22.7 Å². The average molecular weight is 286 g/mol. The van der Waals surface area contributed by atoms with Gasteiger partial charge in [0.2, 0.25) is 0 Å². The molecule has 16 heavy (non-hydrogen) atoms. The standard InChI is InChI=1S/C13H20BrNO/c1-4-12(9(2)3)15-8-10-5-6-13(16)11(14)7-10/h5-7,9,12,15-16H,4,8H2,1-3H3. The van der Waals surface area contributed by atoms with Crippen molar-refractivity contribution in [3.8, 4) is 5.75 Å². The van der Waals surface area contributed by atoms with Gasteiger partial charge >= 0.3 is 0 Å². The zero-order chi connectivity index (χ0) is 12.1. The van der Waals surface area contributed by atoms with Crippen LogP contribution < -0.4 is 5.32 Å². The number of benzene rings is 1. The normalized spacial score (nSPS) is 13.1. The lowest BCUT2D eigenvalue weighted by molar-refractivity contribution is 0.387. The molecule has 0 aliphatic heterocycles. The summed E-state index contributed by atoms with van der Waals surface area (Å²) in [6, 6.07) is 6.17. The summed E-state index contributed by atoms with van der Waals surface area (Å²) in [5.74, 6) is 0.935. The van der Waals surface area contributed by atoms with Gasteiger partial charge in [0.15, 0.2) is 0 Å². The van der Waals surface area contributed by atoms with Crippen molar-refractivity contribution in [2.24, 2.45) is 5.92 Å². The number of hydrogen-bond acceptors (Lipinski definition) is 2. The van der Waals surface area contributed by atoms with Crippen molar-refractivity contribution in [3.63, 3.8) is 0 Å². The first-order chi connectivity index (χ1) is 7.54. The second-order valence-electron chi connectivity index (χ2n) is 4.43. The molecule has 0 aliphatic carbocycles. The zero-order valence-corrected chi connectivity index (χ0v) is 11.7. The van der Waals surface area contributed by atoms with Gasteiger partial charge in [0.05, 0.1) is 4.47 Å². The SMILES string of the molecule is CCC(NCc1ccc(O)c(Br)c1)C(C)C. The summed E-state index contributed by atoms with van der Waals surface area (Å²) in [5.41, 5.74) is 1.18. The third-order valence-electron chi connectivity index (χ3n) is 2.83. The fourth-order valence-corrected chi connectivity index (χ4v) is 2.19. The molecule has 1 unspecified atom stereocenters. The highest BCUT2D eigenvalue weighted by atomic mass is 79.9. The van der Waals surface area contributed by atoms with E-state index in [1.807, 2.05) is 12.1 Å². The van der Waals surface area contributed by atoms with Crippen molar-refractivity contribution in [3.05, 3.63) is 28.2 Å². The van der Waals surface area contributed by atoms with E-state index in [0.717, 1.165) is 17.4 Å². The van der Waals surface area contributed by atoms with Crippen LogP contribution >= 0.6 is 15.9 Å². The van der Waals surface area contributed by atoms with Gasteiger partial charge in [-0.3, -0.25) is 0 Å². The van der Waals surface area contributed by atoms with Crippen molar-refractivity contribution in [1.82, 2.24) is 5.32 Å². The van der Waals surface area contributed by atoms with Crippen LogP contribution in [0.3, 0.4) is 0 Å². The fraction of sp³-hybridized carbons (Fsp3) is 0.538. The van der Waals surface area contributed by atoms with E-state index in [2.05, 4.69) is 42.0 Å². The highest BCUT2D eigenvalue weighted by Crippen LogP contribution is 2.24. The largest absolute Gasteiger partial charge is 0.507 e. The molecule has 0 saturated heterocycles. The number of nitrogens with one attached hydrogen (secondary N) is 1. The first-order valence-electron chi connectivity index (χ1n) is 5.75. The van der Waals surface area contributed by atoms with Gasteiger partial charge in [-0.2, -0.15) is 0 Å². The van der Waals surface area contributed by atoms with E-state index in [9.17, 15) is 5.11 Å². The summed E-state index contributed by atoms with van der Waals surface area (Å²) >= 11 is 3.32. The molecule has 0 radical (unpaired) electrons. The molecule has 0 bridgehead atoms. The van der Waals surface area contributed by atoms with Crippen LogP contribution in [-0.2, 0) is 6.54 Å². The second kappa shape index (κ2) is 6.26. The fourth-order valence-electron chi connectivity index (χ4n) is 1.76. The quantitative estimate of drug-likeness (QED) is 0.865. The van der Waals surface area contributed by atoms with Crippen LogP contribution in [0.25, 0.3) is 0 Å². The van der Waals surface area contributed by atoms with Crippen molar-refractivity contribution in [2.75, 3.05) is 0 Å². The van der Waals surface area contributed by atoms with E-state index in [0.29, 0.717) is 17.7 Å². The van der Waals surface area contributed by atoms with Gasteiger partial charge in [0, 0.05) is 12.6 Å². The van der Waals surface area contributed by atoms with Crippen molar-refractivity contribution in [2.45, 2.75) is 39.8 Å². The number of phenolic OH excluding ortho intramolecular Hbond substituents is 1. The number of phenols is 1. The van der Waals surface area contributed by atoms with Crippen LogP contribution in [-0.4, -0.2) is 11.1 Å². The molecule has 2 nitrogen and oxygen atoms in total. The van der Waals surface area contributed by atoms with E-state index >= 15 is 0 Å². The Bertz CT molecular complexity index is 339. The third-order valence-corrected chi connectivity index (χ3v) is 3.46. The number of rotatable bonds is 5. The minimum absolute atomic E-state index is 0.291. The highest BCUT2D eigenvalue weighted by Gasteiger charge is 2.10. The van der Waals surface area contributed by atoms with Crippen LogP contribution in [0.4, 0.5) is 0 Å². The van der Waals surface area contributed by atoms with Gasteiger partial charge in [-0.05, 0) is 46.0 Å². The molecule has 0 aliphatic rings. The third kappa shape index (κ3) is 3.80. The molecule has 1 aromatic rings. The monoisotopic (exact) mass is 285 g/mol. The van der Waals surface area contributed by atoms with Crippen molar-refractivity contribution >= 4 is 15.9 Å². The minimum atomic E-state index is 0.291. The maximum Gasteiger partial charge on any atom is 0.129 e. The average Bonchev–Trinajstić information content (AvgIpc) is 2.23. The number of hydrogen-bond donors (Lipinski definition) is 2. The summed E-state index contributed by atoms with van der Waals surface area (Å²) in [5, 5.41) is 12.9. The van der Waals surface area contributed by atoms with Crippen LogP contribution in [0.2, 0.25) is 0 Å². The molecular formula is C13H20BrNO. The van der Waals surface area contributed by atoms with Crippen molar-refractivity contribution in [1.29, 1.82) is 0 Å². The van der Waals surface area contributed by atoms with Gasteiger partial charge in [0.25, 0.3) is 0 Å². The first kappa shape index (κ1) is 13.5. The Balaban J connectivity index is 2.57. The van der Waals surface area contributed by atoms with E-state index in [1.165, 1.54) is 5.56 Å². The van der Waals surface area contributed by atoms with E-state index < -0.39 is 0 Å². The summed E-state index contributed by atoms with van der Waals surface area (Å²) in [6.45, 7) is 7.50. The van der Waals surface area contributed by atoms with Gasteiger partial charge in [0.1, 0.15) is 5.75 Å². The Hall–Kier alpha value is -0.540. The lowest BCUT2D eigenvalue weighted by atomic mass is 10.0. The molecule has 1 atom stereocenters. The lowest BCUT2D eigenvalue weighted by Gasteiger charge is -2.20. The highest BCUT2D eigenvalue weighted by molar-refractivity contribution is 9.10. The zero-order valence-electron chi connectivity index (χ0n) is 10.1. The molecule has 0 aromatic heterocycles. The van der Waals surface area contributed by atoms with Crippen molar-refractivity contribution < 1.29 is 5.11 Å². The first-order valence-corrected chi connectivity index (χ1v) is 6.54. The Kier molecular flexibility index (Phi) is 5.29. The van der Waals surface area contributed by atoms with Crippen LogP contribution in [0, 0.1) is 5.92 Å². The molecule has 0 saturated carbocycles. The lowest BCUT2D eigenvalue weighted by Crippen LogP contribution is -2.32. The molecule has 0 amide bonds. The summed E-state index contributed by atoms with van der Waals surface area (Å²) in [7, 11) is 0. The summed E-state index contributed by atoms with van der Waals surface area (Å²) < 4.78 is 0.754. The van der Waals surface area contributed by atoms with Gasteiger partial charge < -0.3 is 10.4 Å². The molecule has 0 fully saturated rings. The summed E-state index contributed by atoms with van der Waals surface area (Å²) in [6.07, 6.45) is 1.14. The Morgan fingerprint density at radius 3 is 2.56 bits per heavy atom. The maximum atomic E-state index is 9.39. The molecule has 0 heterocycles. The van der Waals surface area contributed by atoms with E-state index in [-0.39, 0.29) is 0 Å². The van der Waals surface area contributed by atoms with Crippen LogP contribution in [0.5, 0.6) is 5.75 Å². The number of aromatic hydroxyl groups is 1. The molecular weight excluding hydrogens is 266 g/mol. The second-order valence-corrected chi connectivity index (χ2v) is 5.28. The smallest absolute Gasteiger partial charge is 0.129 e. The van der Waals surface area contributed by atoms with Gasteiger partial charge in [-0.15, -0.1) is 0 Å². The molecule has 2 N–H and O–H groups in total. The van der Waals surface area contributed by atoms with Gasteiger partial charge in [-0.1, -0.05) is 26.8 Å². The van der Waals surface area contributed by atoms with Crippen LogP contribution in [0.1, 0.15) is 32.8 Å². The van der Waals surface area contributed by atoms with E-state index in [1.54, 1.807) is 6.07 Å². The Labute approximate surface area is 106 Å². The molecule has 90 valence electrons. The Morgan fingerprint density at radius 1 is 1.38 bits per heavy atom. The summed E-state index contributed by atoms with van der Waals surface area (Å²) in [4.78, 5) is 0. The molecule has 0 spiro atoms. The number of halogens is 1. The van der Waals surface area contributed by atoms with E-state index in [4.69, 9.17) is 0 Å². The topological polar surface area (TPSA) is 32.3 Å². The maximum absolute atomic E-state index is 9.39. The predicted molar refractivity (Wildman–Crippen MR) is 71.6 cm³/mol. The minimum Gasteiger partial charge on any atom is -0.507 e. The van der Waals surface area contributed by atoms with Gasteiger partial charge in [-0.25, -0.2) is 0 Å². The molecule has 1 rings (SSSR count). The predicted octanol–water partition coefficient (Wildman–Crippen LogP) is 3.68. The molecule has 1 aromatic carbocycles. The molecule has 3 heteroatoms. The Morgan fingerprint density at radius 2 is 2.06 bits per heavy atom.